The molecule has 2 aliphatic rings. The highest BCUT2D eigenvalue weighted by Crippen LogP contribution is 2.46. The molecule has 0 aromatic heterocycles. The van der Waals surface area contributed by atoms with Crippen LogP contribution < -0.4 is 0 Å². The van der Waals surface area contributed by atoms with Crippen molar-refractivity contribution < 1.29 is 18.8 Å². The first-order valence-electron chi connectivity index (χ1n) is 10.4. The van der Waals surface area contributed by atoms with Crippen molar-refractivity contribution >= 4 is 20.7 Å². The summed E-state index contributed by atoms with van der Waals surface area (Å²) in [6, 6.07) is -0.119. The van der Waals surface area contributed by atoms with Crippen LogP contribution in [0.2, 0.25) is 16.6 Å². The summed E-state index contributed by atoms with van der Waals surface area (Å²) in [7, 11) is -2.15. The fourth-order valence-corrected chi connectivity index (χ4v) is 10.8. The maximum Gasteiger partial charge on any atom is 0.331 e. The van der Waals surface area contributed by atoms with E-state index < -0.39 is 8.32 Å². The monoisotopic (exact) mass is 405 g/mol. The molecule has 1 heterocycles. The van der Waals surface area contributed by atoms with E-state index in [2.05, 4.69) is 47.5 Å². The molecule has 0 aromatic rings. The van der Waals surface area contributed by atoms with Crippen LogP contribution in [0.15, 0.2) is 11.6 Å². The normalized spacial score (nSPS) is 24.8. The summed E-state index contributed by atoms with van der Waals surface area (Å²) < 4.78 is 12.5. The molecule has 0 bridgehead atoms. The van der Waals surface area contributed by atoms with Crippen molar-refractivity contribution in [2.75, 3.05) is 6.54 Å². The molecule has 5 nitrogen and oxygen atoms in total. The second kappa shape index (κ2) is 9.28. The highest BCUT2D eigenvalue weighted by atomic mass is 28.4. The second-order valence-corrected chi connectivity index (χ2v) is 14.3. The van der Waals surface area contributed by atoms with Gasteiger partial charge in [-0.1, -0.05) is 41.5 Å². The van der Waals surface area contributed by atoms with Crippen LogP contribution in [0.4, 0.5) is 0 Å². The van der Waals surface area contributed by atoms with Crippen LogP contribution in [0.1, 0.15) is 60.8 Å². The fraction of sp³-hybridized carbons (Fsp3) is 0.727. The van der Waals surface area contributed by atoms with Gasteiger partial charge in [0.1, 0.15) is 6.10 Å². The van der Waals surface area contributed by atoms with E-state index in [-0.39, 0.29) is 24.2 Å². The summed E-state index contributed by atoms with van der Waals surface area (Å²) in [5.41, 5.74) is 2.28. The second-order valence-electron chi connectivity index (χ2n) is 8.92. The van der Waals surface area contributed by atoms with E-state index >= 15 is 0 Å². The molecule has 156 valence electrons. The zero-order chi connectivity index (χ0) is 21.1. The molecular formula is C22H35NO4Si. The zero-order valence-electron chi connectivity index (χ0n) is 18.1. The molecule has 1 saturated carbocycles. The number of nitrogens with zero attached hydrogens (tertiary/aromatic N) is 1. The van der Waals surface area contributed by atoms with E-state index in [1.54, 1.807) is 11.0 Å². The van der Waals surface area contributed by atoms with Crippen LogP contribution in [0.25, 0.3) is 0 Å². The van der Waals surface area contributed by atoms with Gasteiger partial charge in [0.25, 0.3) is 0 Å². The number of rotatable bonds is 9. The molecule has 28 heavy (non-hydrogen) atoms. The molecule has 0 spiro atoms. The Balaban J connectivity index is 2.38. The van der Waals surface area contributed by atoms with Crippen molar-refractivity contribution in [2.24, 2.45) is 0 Å². The molecule has 1 aliphatic heterocycles. The van der Waals surface area contributed by atoms with Crippen LogP contribution in [0.5, 0.6) is 0 Å². The van der Waals surface area contributed by atoms with Gasteiger partial charge in [-0.3, -0.25) is 4.79 Å². The first-order valence-corrected chi connectivity index (χ1v) is 12.5. The molecule has 1 fully saturated rings. The molecule has 0 unspecified atom stereocenters. The number of hydrogen-bond acceptors (Lipinski definition) is 4. The van der Waals surface area contributed by atoms with E-state index in [4.69, 9.17) is 15.6 Å². The van der Waals surface area contributed by atoms with Crippen molar-refractivity contribution in [3.05, 3.63) is 11.6 Å². The van der Waals surface area contributed by atoms with E-state index in [0.717, 1.165) is 12.0 Å². The zero-order valence-corrected chi connectivity index (χ0v) is 19.1. The lowest BCUT2D eigenvalue weighted by Gasteiger charge is -2.49. The maximum atomic E-state index is 11.9. The van der Waals surface area contributed by atoms with Crippen molar-refractivity contribution in [3.63, 3.8) is 0 Å². The van der Waals surface area contributed by atoms with Crippen molar-refractivity contribution in [3.8, 4) is 12.3 Å². The van der Waals surface area contributed by atoms with Crippen LogP contribution in [0.3, 0.4) is 0 Å². The van der Waals surface area contributed by atoms with Gasteiger partial charge < -0.3 is 14.1 Å². The number of hydrogen-bond donors (Lipinski definition) is 0. The minimum Gasteiger partial charge on any atom is -0.455 e. The Hall–Kier alpha value is -1.58. The van der Waals surface area contributed by atoms with Gasteiger partial charge in [-0.15, -0.1) is 12.3 Å². The van der Waals surface area contributed by atoms with Crippen LogP contribution in [-0.2, 0) is 18.8 Å². The standard InChI is InChI=1S/C22H35NO4Si/c1-8-9-10-23(14-24)19-11-18-12-22(25)26-20(18)13-21(19)27-28(15(2)3,16(4)5)17(6)7/h1,12,14-17,19-21H,9-11,13H2,2-7H3/t19-,20-,21-/m0/s1. The van der Waals surface area contributed by atoms with E-state index in [1.165, 1.54) is 0 Å². The Morgan fingerprint density at radius 3 is 2.39 bits per heavy atom. The summed E-state index contributed by atoms with van der Waals surface area (Å²) in [4.78, 5) is 25.4. The largest absolute Gasteiger partial charge is 0.455 e. The molecule has 3 atom stereocenters. The van der Waals surface area contributed by atoms with Crippen LogP contribution in [-0.4, -0.2) is 50.4 Å². The first kappa shape index (κ1) is 22.7. The third-order valence-corrected chi connectivity index (χ3v) is 12.6. The average molecular weight is 406 g/mol. The smallest absolute Gasteiger partial charge is 0.331 e. The predicted molar refractivity (Wildman–Crippen MR) is 113 cm³/mol. The number of amides is 1. The number of carbonyl (C=O) groups excluding carboxylic acids is 2. The third-order valence-electron chi connectivity index (χ3n) is 6.43. The van der Waals surface area contributed by atoms with Gasteiger partial charge >= 0.3 is 5.97 Å². The third kappa shape index (κ3) is 4.36. The minimum atomic E-state index is -2.15. The summed E-state index contributed by atoms with van der Waals surface area (Å²) >= 11 is 0. The molecule has 0 N–H and O–H groups in total. The Kier molecular flexibility index (Phi) is 7.52. The Morgan fingerprint density at radius 2 is 1.89 bits per heavy atom. The van der Waals surface area contributed by atoms with E-state index in [9.17, 15) is 9.59 Å². The number of carbonyl (C=O) groups is 2. The minimum absolute atomic E-state index is 0.119. The lowest BCUT2D eigenvalue weighted by atomic mass is 9.85. The Bertz CT molecular complexity index is 628. The van der Waals surface area contributed by atoms with Gasteiger partial charge in [0.15, 0.2) is 0 Å². The van der Waals surface area contributed by atoms with E-state index in [1.807, 2.05) is 0 Å². The van der Waals surface area contributed by atoms with E-state index in [0.29, 0.717) is 42.4 Å². The van der Waals surface area contributed by atoms with Crippen molar-refractivity contribution in [1.29, 1.82) is 0 Å². The van der Waals surface area contributed by atoms with Crippen LogP contribution >= 0.6 is 0 Å². The molecule has 0 aromatic carbocycles. The van der Waals surface area contributed by atoms with Gasteiger partial charge in [0, 0.05) is 25.5 Å². The molecule has 1 amide bonds. The highest BCUT2D eigenvalue weighted by molar-refractivity contribution is 6.77. The predicted octanol–water partition coefficient (Wildman–Crippen LogP) is 4.04. The summed E-state index contributed by atoms with van der Waals surface area (Å²) in [6.07, 6.45) is 9.20. The Morgan fingerprint density at radius 1 is 1.29 bits per heavy atom. The Labute approximate surface area is 171 Å². The van der Waals surface area contributed by atoms with Crippen LogP contribution in [0, 0.1) is 12.3 Å². The maximum absolute atomic E-state index is 11.9. The lowest BCUT2D eigenvalue weighted by Crippen LogP contribution is -2.57. The molecule has 6 heteroatoms. The number of terminal acetylenes is 1. The van der Waals surface area contributed by atoms with Crippen molar-refractivity contribution in [2.45, 2.75) is 95.7 Å². The van der Waals surface area contributed by atoms with Crippen molar-refractivity contribution in [1.82, 2.24) is 4.90 Å². The fourth-order valence-electron chi connectivity index (χ4n) is 5.24. The molecule has 1 aliphatic carbocycles. The van der Waals surface area contributed by atoms with Gasteiger partial charge in [0.05, 0.1) is 12.1 Å². The number of fused-ring (bicyclic) bond motifs is 1. The molecule has 0 saturated heterocycles. The van der Waals surface area contributed by atoms with Gasteiger partial charge in [-0.05, 0) is 28.6 Å². The molecule has 0 radical (unpaired) electrons. The summed E-state index contributed by atoms with van der Waals surface area (Å²) in [5.74, 6) is 2.33. The van der Waals surface area contributed by atoms with Gasteiger partial charge in [-0.25, -0.2) is 4.79 Å². The van der Waals surface area contributed by atoms with Gasteiger partial charge in [0.2, 0.25) is 14.7 Å². The summed E-state index contributed by atoms with van der Waals surface area (Å²) in [5, 5.41) is 0. The van der Waals surface area contributed by atoms with Gasteiger partial charge in [-0.2, -0.15) is 0 Å². The quantitative estimate of drug-likeness (QED) is 0.251. The number of ether oxygens (including phenoxy) is 1. The first-order chi connectivity index (χ1) is 13.2. The topological polar surface area (TPSA) is 55.8 Å². The number of esters is 1. The summed E-state index contributed by atoms with van der Waals surface area (Å²) in [6.45, 7) is 14.0. The molecule has 2 rings (SSSR count). The highest BCUT2D eigenvalue weighted by Gasteiger charge is 2.50. The molecular weight excluding hydrogens is 370 g/mol. The lowest BCUT2D eigenvalue weighted by molar-refractivity contribution is -0.141. The SMILES string of the molecule is C#CCCN(C=O)[C@H]1CC2=CC(=O)O[C@H]2C[C@@H]1O[Si](C(C)C)(C(C)C)C(C)C. The average Bonchev–Trinajstić information content (AvgIpc) is 2.97.